The van der Waals surface area contributed by atoms with Gasteiger partial charge in [-0.2, -0.15) is 0 Å². The van der Waals surface area contributed by atoms with Crippen LogP contribution in [-0.4, -0.2) is 82.6 Å². The second-order valence-corrected chi connectivity index (χ2v) is 7.04. The molecule has 2 aromatic rings. The van der Waals surface area contributed by atoms with E-state index in [-0.39, 0.29) is 30.4 Å². The Bertz CT molecular complexity index is 1020. The van der Waals surface area contributed by atoms with Gasteiger partial charge in [0, 0.05) is 56.1 Å². The van der Waals surface area contributed by atoms with Crippen LogP contribution >= 0.6 is 0 Å². The number of β-amino-alcohol motifs (C(OH)–C–C–N with tert-alkyl or cyclic N) is 1. The van der Waals surface area contributed by atoms with Crippen LogP contribution in [0.4, 0.5) is 0 Å². The summed E-state index contributed by atoms with van der Waals surface area (Å²) in [6.45, 7) is 5.11. The number of pyridine rings is 1. The van der Waals surface area contributed by atoms with E-state index >= 15 is 0 Å². The highest BCUT2D eigenvalue weighted by Gasteiger charge is 2.40. The third-order valence-electron chi connectivity index (χ3n) is 5.20. The van der Waals surface area contributed by atoms with Gasteiger partial charge < -0.3 is 24.5 Å². The second-order valence-electron chi connectivity index (χ2n) is 7.04. The molecule has 0 radical (unpaired) electrons. The number of aromatic amines is 1. The molecule has 2 aliphatic rings. The normalized spacial score (nSPS) is 19.1. The predicted octanol–water partition coefficient (Wildman–Crippen LogP) is 0.888. The van der Waals surface area contributed by atoms with Crippen LogP contribution in [0, 0.1) is 0 Å². The number of aromatic nitrogens is 2. The van der Waals surface area contributed by atoms with Crippen molar-refractivity contribution in [1.82, 2.24) is 19.8 Å². The summed E-state index contributed by atoms with van der Waals surface area (Å²) in [6, 6.07) is 3.71. The Labute approximate surface area is 173 Å². The van der Waals surface area contributed by atoms with Crippen molar-refractivity contribution in [2.75, 3.05) is 45.9 Å². The Morgan fingerprint density at radius 2 is 2.17 bits per heavy atom. The molecule has 0 amide bonds. The van der Waals surface area contributed by atoms with E-state index in [0.29, 0.717) is 38.4 Å². The minimum absolute atomic E-state index is 0.0725. The number of nitrogens with one attached hydrogen (secondary N) is 1. The summed E-state index contributed by atoms with van der Waals surface area (Å²) in [5, 5.41) is 9.98. The Balaban J connectivity index is 1.63. The summed E-state index contributed by atoms with van der Waals surface area (Å²) >= 11 is 0. The van der Waals surface area contributed by atoms with E-state index in [1.165, 1.54) is 0 Å². The maximum absolute atomic E-state index is 13.1. The van der Waals surface area contributed by atoms with Crippen LogP contribution in [0.5, 0.6) is 0 Å². The van der Waals surface area contributed by atoms with Crippen LogP contribution in [-0.2, 0) is 19.1 Å². The van der Waals surface area contributed by atoms with Gasteiger partial charge in [-0.05, 0) is 25.1 Å². The summed E-state index contributed by atoms with van der Waals surface area (Å²) in [5.74, 6) is -0.847. The van der Waals surface area contributed by atoms with E-state index in [1.807, 2.05) is 17.0 Å². The van der Waals surface area contributed by atoms with Gasteiger partial charge in [0.05, 0.1) is 13.2 Å². The number of rotatable bonds is 6. The smallest absolute Gasteiger partial charge is 0.347 e. The average molecular weight is 412 g/mol. The largest absolute Gasteiger partial charge is 0.462 e. The fraction of sp³-hybridized carbons (Fsp3) is 0.381. The van der Waals surface area contributed by atoms with Gasteiger partial charge in [0.15, 0.2) is 11.3 Å². The molecule has 4 rings (SSSR count). The van der Waals surface area contributed by atoms with Crippen molar-refractivity contribution in [3.05, 3.63) is 47.3 Å². The van der Waals surface area contributed by atoms with E-state index in [2.05, 4.69) is 14.9 Å². The minimum atomic E-state index is -0.681. The maximum Gasteiger partial charge on any atom is 0.347 e. The van der Waals surface area contributed by atoms with Crippen molar-refractivity contribution in [1.29, 1.82) is 0 Å². The molecule has 30 heavy (non-hydrogen) atoms. The third kappa shape index (κ3) is 3.81. The molecule has 0 aromatic carbocycles. The number of piperazine rings is 1. The number of carbonyl (C=O) groups excluding carboxylic acids is 2. The molecule has 2 aromatic heterocycles. The number of H-pyrrole nitrogens is 1. The van der Waals surface area contributed by atoms with Crippen LogP contribution < -0.4 is 0 Å². The molecule has 2 N–H and O–H groups in total. The summed E-state index contributed by atoms with van der Waals surface area (Å²) in [5.41, 5.74) is 1.38. The number of esters is 1. The number of hydrogen-bond acceptors (Lipinski definition) is 8. The number of carbonyl (C=O) groups is 2. The average Bonchev–Trinajstić information content (AvgIpc) is 3.31. The summed E-state index contributed by atoms with van der Waals surface area (Å²) in [7, 11) is 0. The lowest BCUT2D eigenvalue weighted by atomic mass is 10.1. The SMILES string of the molecule is CCOC(=O)C1=C(N2CCN(CCO)CC2)OC(=Cc2c[nH]c3ncccc23)C1=O. The molecule has 0 spiro atoms. The highest BCUT2D eigenvalue weighted by molar-refractivity contribution is 6.26. The molecule has 0 unspecified atom stereocenters. The molecule has 1 saturated heterocycles. The molecule has 1 fully saturated rings. The van der Waals surface area contributed by atoms with E-state index < -0.39 is 11.8 Å². The molecule has 0 bridgehead atoms. The van der Waals surface area contributed by atoms with Gasteiger partial charge in [-0.15, -0.1) is 0 Å². The molecule has 4 heterocycles. The predicted molar refractivity (Wildman–Crippen MR) is 109 cm³/mol. The van der Waals surface area contributed by atoms with Crippen molar-refractivity contribution in [3.8, 4) is 0 Å². The summed E-state index contributed by atoms with van der Waals surface area (Å²) in [4.78, 5) is 36.9. The maximum atomic E-state index is 13.1. The third-order valence-corrected chi connectivity index (χ3v) is 5.20. The number of ketones is 1. The Kier molecular flexibility index (Phi) is 5.82. The van der Waals surface area contributed by atoms with Gasteiger partial charge in [0.25, 0.3) is 0 Å². The van der Waals surface area contributed by atoms with Crippen molar-refractivity contribution in [2.45, 2.75) is 6.92 Å². The lowest BCUT2D eigenvalue weighted by Crippen LogP contribution is -2.47. The van der Waals surface area contributed by atoms with Crippen molar-refractivity contribution in [3.63, 3.8) is 0 Å². The Morgan fingerprint density at radius 3 is 2.90 bits per heavy atom. The number of ether oxygens (including phenoxy) is 2. The van der Waals surface area contributed by atoms with Gasteiger partial charge in [-0.3, -0.25) is 9.69 Å². The molecule has 0 atom stereocenters. The quantitative estimate of drug-likeness (QED) is 0.409. The topological polar surface area (TPSA) is 108 Å². The number of Topliss-reactive ketones (excluding diaryl/α,β-unsaturated/α-hetero) is 1. The molecule has 0 aliphatic carbocycles. The fourth-order valence-electron chi connectivity index (χ4n) is 3.68. The standard InChI is InChI=1S/C21H24N4O5/c1-2-29-21(28)17-18(27)16(12-14-13-23-19-15(14)4-3-5-22-19)30-20(17)25-8-6-24(7-9-25)10-11-26/h3-5,12-13,26H,2,6-11H2,1H3,(H,22,23). The number of nitrogens with zero attached hydrogens (tertiary/aromatic N) is 3. The monoisotopic (exact) mass is 412 g/mol. The molecule has 0 saturated carbocycles. The Morgan fingerprint density at radius 1 is 1.37 bits per heavy atom. The van der Waals surface area contributed by atoms with Gasteiger partial charge >= 0.3 is 5.97 Å². The van der Waals surface area contributed by atoms with E-state index in [0.717, 1.165) is 10.9 Å². The zero-order valence-electron chi connectivity index (χ0n) is 16.8. The van der Waals surface area contributed by atoms with Gasteiger partial charge in [0.2, 0.25) is 11.7 Å². The molecule has 9 nitrogen and oxygen atoms in total. The number of hydrogen-bond donors (Lipinski definition) is 2. The molecule has 2 aliphatic heterocycles. The molecular weight excluding hydrogens is 388 g/mol. The lowest BCUT2D eigenvalue weighted by molar-refractivity contribution is -0.139. The molecular formula is C21H24N4O5. The van der Waals surface area contributed by atoms with Crippen LogP contribution in [0.25, 0.3) is 17.1 Å². The lowest BCUT2D eigenvalue weighted by Gasteiger charge is -2.35. The van der Waals surface area contributed by atoms with E-state index in [4.69, 9.17) is 14.6 Å². The zero-order valence-corrected chi connectivity index (χ0v) is 16.8. The van der Waals surface area contributed by atoms with Gasteiger partial charge in [-0.1, -0.05) is 0 Å². The molecule has 9 heteroatoms. The van der Waals surface area contributed by atoms with E-state index in [9.17, 15) is 9.59 Å². The first kappa shape index (κ1) is 20.1. The first-order chi connectivity index (χ1) is 14.6. The van der Waals surface area contributed by atoms with Crippen molar-refractivity contribution >= 4 is 28.9 Å². The van der Waals surface area contributed by atoms with Crippen molar-refractivity contribution < 1.29 is 24.2 Å². The first-order valence-corrected chi connectivity index (χ1v) is 9.98. The van der Waals surface area contributed by atoms with Crippen LogP contribution in [0.2, 0.25) is 0 Å². The highest BCUT2D eigenvalue weighted by atomic mass is 16.5. The van der Waals surface area contributed by atoms with Crippen LogP contribution in [0.1, 0.15) is 12.5 Å². The summed E-state index contributed by atoms with van der Waals surface area (Å²) in [6.07, 6.45) is 5.05. The van der Waals surface area contributed by atoms with Crippen LogP contribution in [0.3, 0.4) is 0 Å². The Hall–Kier alpha value is -3.17. The fourth-order valence-corrected chi connectivity index (χ4v) is 3.68. The van der Waals surface area contributed by atoms with Crippen LogP contribution in [0.15, 0.2) is 41.7 Å². The molecule has 158 valence electrons. The first-order valence-electron chi connectivity index (χ1n) is 9.98. The minimum Gasteiger partial charge on any atom is -0.462 e. The van der Waals surface area contributed by atoms with Crippen molar-refractivity contribution in [2.24, 2.45) is 0 Å². The number of aliphatic hydroxyl groups excluding tert-OH is 1. The number of aliphatic hydroxyl groups is 1. The van der Waals surface area contributed by atoms with Gasteiger partial charge in [0.1, 0.15) is 5.65 Å². The van der Waals surface area contributed by atoms with Gasteiger partial charge in [-0.25, -0.2) is 9.78 Å². The highest BCUT2D eigenvalue weighted by Crippen LogP contribution is 2.31. The summed E-state index contributed by atoms with van der Waals surface area (Å²) < 4.78 is 11.0. The number of fused-ring (bicyclic) bond motifs is 1. The number of allylic oxidation sites excluding steroid dienone is 1. The zero-order chi connectivity index (χ0) is 21.1. The second kappa shape index (κ2) is 8.68. The van der Waals surface area contributed by atoms with E-state index in [1.54, 1.807) is 25.4 Å².